The first-order chi connectivity index (χ1) is 13.5. The highest BCUT2D eigenvalue weighted by atomic mass is 16.6. The second-order valence-electron chi connectivity index (χ2n) is 7.95. The van der Waals surface area contributed by atoms with Crippen LogP contribution in [0.2, 0.25) is 0 Å². The first-order valence-electron chi connectivity index (χ1n) is 9.87. The molecule has 2 heterocycles. The van der Waals surface area contributed by atoms with E-state index < -0.39 is 5.60 Å². The highest BCUT2D eigenvalue weighted by Gasteiger charge is 2.51. The van der Waals surface area contributed by atoms with Crippen molar-refractivity contribution in [3.8, 4) is 5.75 Å². The van der Waals surface area contributed by atoms with Crippen molar-refractivity contribution in [3.63, 3.8) is 0 Å². The fourth-order valence-electron chi connectivity index (χ4n) is 4.82. The van der Waals surface area contributed by atoms with E-state index in [1.54, 1.807) is 7.11 Å². The Balaban J connectivity index is 1.47. The number of rotatable bonds is 4. The Labute approximate surface area is 165 Å². The minimum absolute atomic E-state index is 0.00789. The molecule has 0 radical (unpaired) electrons. The normalized spacial score (nSPS) is 26.2. The summed E-state index contributed by atoms with van der Waals surface area (Å²) in [5.41, 5.74) is 2.01. The zero-order valence-electron chi connectivity index (χ0n) is 16.4. The van der Waals surface area contributed by atoms with E-state index in [-0.39, 0.29) is 24.8 Å². The summed E-state index contributed by atoms with van der Waals surface area (Å²) in [7, 11) is 1.64. The molecule has 2 aliphatic heterocycles. The molecule has 2 saturated heterocycles. The molecule has 1 amide bonds. The molecule has 0 saturated carbocycles. The number of hydrogen-bond acceptors (Lipinski definition) is 4. The van der Waals surface area contributed by atoms with E-state index in [0.29, 0.717) is 12.8 Å². The van der Waals surface area contributed by atoms with Crippen LogP contribution in [0.25, 0.3) is 0 Å². The highest BCUT2D eigenvalue weighted by molar-refractivity contribution is 5.69. The van der Waals surface area contributed by atoms with Crippen molar-refractivity contribution in [2.24, 2.45) is 0 Å². The Bertz CT molecular complexity index is 837. The fraction of sp³-hybridized carbons (Fsp3) is 0.435. The summed E-state index contributed by atoms with van der Waals surface area (Å²) in [6.45, 7) is 2.27. The minimum Gasteiger partial charge on any atom is -0.497 e. The van der Waals surface area contributed by atoms with Gasteiger partial charge in [0.1, 0.15) is 12.4 Å². The van der Waals surface area contributed by atoms with Gasteiger partial charge >= 0.3 is 6.09 Å². The third kappa shape index (κ3) is 3.47. The van der Waals surface area contributed by atoms with E-state index in [4.69, 9.17) is 9.47 Å². The summed E-state index contributed by atoms with van der Waals surface area (Å²) in [6.07, 6.45) is 2.62. The minimum atomic E-state index is -0.918. The molecule has 2 fully saturated rings. The lowest BCUT2D eigenvalue weighted by atomic mass is 9.79. The van der Waals surface area contributed by atoms with Gasteiger partial charge in [0.25, 0.3) is 0 Å². The third-order valence-corrected chi connectivity index (χ3v) is 6.12. The maximum atomic E-state index is 12.7. The van der Waals surface area contributed by atoms with Crippen LogP contribution < -0.4 is 4.74 Å². The van der Waals surface area contributed by atoms with Crippen LogP contribution in [0.4, 0.5) is 4.79 Å². The molecule has 2 atom stereocenters. The molecule has 2 aliphatic rings. The van der Waals surface area contributed by atoms with Gasteiger partial charge in [-0.3, -0.25) is 0 Å². The number of nitrogens with zero attached hydrogens (tertiary/aromatic N) is 1. The quantitative estimate of drug-likeness (QED) is 0.864. The van der Waals surface area contributed by atoms with Gasteiger partial charge in [-0.1, -0.05) is 36.4 Å². The molecule has 1 N–H and O–H groups in total. The van der Waals surface area contributed by atoms with Gasteiger partial charge in [-0.2, -0.15) is 0 Å². The van der Waals surface area contributed by atoms with Crippen molar-refractivity contribution < 1.29 is 19.4 Å². The van der Waals surface area contributed by atoms with Gasteiger partial charge in [-0.25, -0.2) is 4.79 Å². The third-order valence-electron chi connectivity index (χ3n) is 6.12. The van der Waals surface area contributed by atoms with E-state index in [2.05, 4.69) is 0 Å². The molecular formula is C23H27NO4. The smallest absolute Gasteiger partial charge is 0.410 e. The van der Waals surface area contributed by atoms with Crippen molar-refractivity contribution >= 4 is 6.09 Å². The largest absolute Gasteiger partial charge is 0.497 e. The summed E-state index contributed by atoms with van der Waals surface area (Å²) in [5, 5.41) is 11.5. The summed E-state index contributed by atoms with van der Waals surface area (Å²) in [6, 6.07) is 15.5. The molecule has 28 heavy (non-hydrogen) atoms. The summed E-state index contributed by atoms with van der Waals surface area (Å²) >= 11 is 0. The number of piperidine rings is 1. The Morgan fingerprint density at radius 2 is 1.82 bits per heavy atom. The van der Waals surface area contributed by atoms with Gasteiger partial charge in [-0.05, 0) is 48.6 Å². The van der Waals surface area contributed by atoms with Gasteiger partial charge < -0.3 is 19.5 Å². The van der Waals surface area contributed by atoms with Gasteiger partial charge in [0.05, 0.1) is 12.7 Å². The molecule has 0 aromatic heterocycles. The summed E-state index contributed by atoms with van der Waals surface area (Å²) in [5.74, 6) is 0.787. The zero-order chi connectivity index (χ0) is 19.7. The number of methoxy groups -OCH3 is 1. The standard InChI is InChI=1S/C23H27NO4/c1-16-12-20(27-2)10-11-21(16)23(26)13-18-8-9-19(14-23)24(18)22(25)28-15-17-6-4-3-5-7-17/h3-7,10-12,18-19,26H,8-9,13-15H2,1-2H3. The van der Waals surface area contributed by atoms with E-state index in [1.807, 2.05) is 60.4 Å². The molecule has 0 aliphatic carbocycles. The first kappa shape index (κ1) is 18.8. The lowest BCUT2D eigenvalue weighted by Crippen LogP contribution is -2.52. The topological polar surface area (TPSA) is 59.0 Å². The number of carbonyl (C=O) groups is 1. The number of fused-ring (bicyclic) bond motifs is 2. The van der Waals surface area contributed by atoms with Gasteiger partial charge in [0.2, 0.25) is 0 Å². The van der Waals surface area contributed by atoms with Gasteiger partial charge in [0, 0.05) is 24.9 Å². The highest BCUT2D eigenvalue weighted by Crippen LogP contribution is 2.47. The molecule has 5 nitrogen and oxygen atoms in total. The van der Waals surface area contributed by atoms with Crippen LogP contribution in [0.1, 0.15) is 42.4 Å². The SMILES string of the molecule is COc1ccc(C2(O)CC3CCC(C2)N3C(=O)OCc2ccccc2)c(C)c1. The molecule has 5 heteroatoms. The molecule has 2 bridgehead atoms. The van der Waals surface area contributed by atoms with Crippen molar-refractivity contribution in [1.82, 2.24) is 4.90 Å². The predicted octanol–water partition coefficient (Wildman–Crippen LogP) is 4.15. The number of carbonyl (C=O) groups excluding carboxylic acids is 1. The average molecular weight is 381 g/mol. The van der Waals surface area contributed by atoms with E-state index in [9.17, 15) is 9.90 Å². The van der Waals surface area contributed by atoms with Crippen LogP contribution in [-0.4, -0.2) is 35.3 Å². The lowest BCUT2D eigenvalue weighted by Gasteiger charge is -2.44. The van der Waals surface area contributed by atoms with Crippen molar-refractivity contribution in [2.75, 3.05) is 7.11 Å². The molecule has 4 rings (SSSR count). The second-order valence-corrected chi connectivity index (χ2v) is 7.95. The summed E-state index contributed by atoms with van der Waals surface area (Å²) < 4.78 is 10.9. The van der Waals surface area contributed by atoms with Crippen molar-refractivity contribution in [1.29, 1.82) is 0 Å². The molecular weight excluding hydrogens is 354 g/mol. The fourth-order valence-corrected chi connectivity index (χ4v) is 4.82. The Morgan fingerprint density at radius 1 is 1.14 bits per heavy atom. The maximum absolute atomic E-state index is 12.7. The van der Waals surface area contributed by atoms with Crippen LogP contribution in [0, 0.1) is 6.92 Å². The molecule has 2 unspecified atom stereocenters. The number of benzene rings is 2. The van der Waals surface area contributed by atoms with Crippen LogP contribution in [0.5, 0.6) is 5.75 Å². The Morgan fingerprint density at radius 3 is 2.43 bits per heavy atom. The van der Waals surface area contributed by atoms with Crippen LogP contribution in [0.15, 0.2) is 48.5 Å². The molecule has 2 aromatic carbocycles. The number of ether oxygens (including phenoxy) is 2. The Hall–Kier alpha value is -2.53. The number of hydrogen-bond donors (Lipinski definition) is 1. The maximum Gasteiger partial charge on any atom is 0.410 e. The first-order valence-corrected chi connectivity index (χ1v) is 9.87. The Kier molecular flexibility index (Phi) is 5.02. The van der Waals surface area contributed by atoms with Crippen LogP contribution in [0.3, 0.4) is 0 Å². The van der Waals surface area contributed by atoms with E-state index >= 15 is 0 Å². The van der Waals surface area contributed by atoms with E-state index in [1.165, 1.54) is 0 Å². The molecule has 2 aromatic rings. The number of aliphatic hydroxyl groups is 1. The predicted molar refractivity (Wildman–Crippen MR) is 106 cm³/mol. The van der Waals surface area contributed by atoms with Gasteiger partial charge in [-0.15, -0.1) is 0 Å². The zero-order valence-corrected chi connectivity index (χ0v) is 16.4. The summed E-state index contributed by atoms with van der Waals surface area (Å²) in [4.78, 5) is 14.6. The molecule has 0 spiro atoms. The lowest BCUT2D eigenvalue weighted by molar-refractivity contribution is -0.0540. The van der Waals surface area contributed by atoms with E-state index in [0.717, 1.165) is 35.3 Å². The number of aryl methyl sites for hydroxylation is 1. The van der Waals surface area contributed by atoms with Crippen LogP contribution >= 0.6 is 0 Å². The van der Waals surface area contributed by atoms with Crippen molar-refractivity contribution in [2.45, 2.75) is 56.9 Å². The van der Waals surface area contributed by atoms with Crippen LogP contribution in [-0.2, 0) is 16.9 Å². The number of amides is 1. The average Bonchev–Trinajstić information content (AvgIpc) is 2.98. The van der Waals surface area contributed by atoms with Gasteiger partial charge in [0.15, 0.2) is 0 Å². The van der Waals surface area contributed by atoms with Crippen molar-refractivity contribution in [3.05, 3.63) is 65.2 Å². The monoisotopic (exact) mass is 381 g/mol. The second kappa shape index (κ2) is 7.47. The molecule has 148 valence electrons.